The van der Waals surface area contributed by atoms with E-state index in [0.717, 1.165) is 11.1 Å². The summed E-state index contributed by atoms with van der Waals surface area (Å²) in [6.45, 7) is 2.24. The maximum Gasteiger partial charge on any atom is 0.250 e. The van der Waals surface area contributed by atoms with Crippen LogP contribution in [0.15, 0.2) is 24.3 Å². The molecule has 1 aromatic rings. The molecule has 72 valence electrons. The number of aryl methyl sites for hydroxylation is 1. The van der Waals surface area contributed by atoms with Gasteiger partial charge in [0.1, 0.15) is 0 Å². The van der Waals surface area contributed by atoms with Gasteiger partial charge in [0.05, 0.1) is 6.54 Å². The number of halogens is 2. The SMILES string of the molecule is Cc1ccccc1CNCC(F)F. The van der Waals surface area contributed by atoms with Gasteiger partial charge < -0.3 is 5.32 Å². The molecule has 0 fully saturated rings. The van der Waals surface area contributed by atoms with Crippen LogP contribution in [0.2, 0.25) is 0 Å². The molecule has 1 rings (SSSR count). The quantitative estimate of drug-likeness (QED) is 0.759. The van der Waals surface area contributed by atoms with Crippen LogP contribution in [0, 0.1) is 6.92 Å². The van der Waals surface area contributed by atoms with Gasteiger partial charge in [0, 0.05) is 6.54 Å². The number of benzene rings is 1. The van der Waals surface area contributed by atoms with Gasteiger partial charge in [0.15, 0.2) is 0 Å². The Bertz CT molecular complexity index is 261. The summed E-state index contributed by atoms with van der Waals surface area (Å²) in [6, 6.07) is 7.76. The van der Waals surface area contributed by atoms with Crippen LogP contribution in [0.5, 0.6) is 0 Å². The summed E-state index contributed by atoms with van der Waals surface area (Å²) >= 11 is 0. The molecule has 13 heavy (non-hydrogen) atoms. The van der Waals surface area contributed by atoms with Crippen molar-refractivity contribution in [3.8, 4) is 0 Å². The lowest BCUT2D eigenvalue weighted by Crippen LogP contribution is -2.20. The summed E-state index contributed by atoms with van der Waals surface area (Å²) in [5.74, 6) is 0. The molecule has 0 radical (unpaired) electrons. The first-order valence-electron chi connectivity index (χ1n) is 4.23. The topological polar surface area (TPSA) is 12.0 Å². The van der Waals surface area contributed by atoms with Gasteiger partial charge >= 0.3 is 0 Å². The molecule has 3 heteroatoms. The Hall–Kier alpha value is -0.960. The molecule has 0 spiro atoms. The average Bonchev–Trinajstić information content (AvgIpc) is 2.08. The summed E-state index contributed by atoms with van der Waals surface area (Å²) < 4.78 is 23.6. The van der Waals surface area contributed by atoms with E-state index in [1.165, 1.54) is 0 Å². The second-order valence-corrected chi connectivity index (χ2v) is 2.95. The Morgan fingerprint density at radius 2 is 2.00 bits per heavy atom. The van der Waals surface area contributed by atoms with Gasteiger partial charge in [-0.15, -0.1) is 0 Å². The molecule has 0 saturated heterocycles. The molecular weight excluding hydrogens is 172 g/mol. The molecular formula is C10H13F2N. The lowest BCUT2D eigenvalue weighted by Gasteiger charge is -2.06. The van der Waals surface area contributed by atoms with Crippen molar-refractivity contribution in [3.63, 3.8) is 0 Å². The lowest BCUT2D eigenvalue weighted by molar-refractivity contribution is 0.145. The molecule has 0 atom stereocenters. The van der Waals surface area contributed by atoms with Crippen molar-refractivity contribution in [2.75, 3.05) is 6.54 Å². The molecule has 0 aliphatic rings. The molecule has 0 bridgehead atoms. The van der Waals surface area contributed by atoms with E-state index in [-0.39, 0.29) is 6.54 Å². The number of nitrogens with one attached hydrogen (secondary N) is 1. The van der Waals surface area contributed by atoms with E-state index < -0.39 is 6.43 Å². The van der Waals surface area contributed by atoms with E-state index in [0.29, 0.717) is 6.54 Å². The van der Waals surface area contributed by atoms with Crippen molar-refractivity contribution in [1.29, 1.82) is 0 Å². The summed E-state index contributed by atoms with van der Waals surface area (Å²) in [7, 11) is 0. The molecule has 0 unspecified atom stereocenters. The van der Waals surface area contributed by atoms with Crippen LogP contribution in [-0.2, 0) is 6.54 Å². The van der Waals surface area contributed by atoms with Crippen molar-refractivity contribution < 1.29 is 8.78 Å². The van der Waals surface area contributed by atoms with Crippen molar-refractivity contribution in [1.82, 2.24) is 5.32 Å². The molecule has 1 nitrogen and oxygen atoms in total. The van der Waals surface area contributed by atoms with Crippen LogP contribution in [0.1, 0.15) is 11.1 Å². The molecule has 1 N–H and O–H groups in total. The molecule has 0 amide bonds. The number of alkyl halides is 2. The standard InChI is InChI=1S/C10H13F2N/c1-8-4-2-3-5-9(8)6-13-7-10(11)12/h2-5,10,13H,6-7H2,1H3. The third-order valence-corrected chi connectivity index (χ3v) is 1.88. The fourth-order valence-corrected chi connectivity index (χ4v) is 1.12. The van der Waals surface area contributed by atoms with E-state index in [1.54, 1.807) is 0 Å². The van der Waals surface area contributed by atoms with Gasteiger partial charge in [-0.05, 0) is 18.1 Å². The molecule has 0 aliphatic carbocycles. The Labute approximate surface area is 76.8 Å². The zero-order valence-corrected chi connectivity index (χ0v) is 7.56. The fourth-order valence-electron chi connectivity index (χ4n) is 1.12. The lowest BCUT2D eigenvalue weighted by atomic mass is 10.1. The van der Waals surface area contributed by atoms with Crippen LogP contribution in [0.25, 0.3) is 0 Å². The largest absolute Gasteiger partial charge is 0.307 e. The fraction of sp³-hybridized carbons (Fsp3) is 0.400. The van der Waals surface area contributed by atoms with Crippen LogP contribution in [-0.4, -0.2) is 13.0 Å². The average molecular weight is 185 g/mol. The first kappa shape index (κ1) is 10.1. The normalized spacial score (nSPS) is 10.8. The number of hydrogen-bond donors (Lipinski definition) is 1. The van der Waals surface area contributed by atoms with Gasteiger partial charge in [0.25, 0.3) is 6.43 Å². The predicted octanol–water partition coefficient (Wildman–Crippen LogP) is 2.35. The Kier molecular flexibility index (Phi) is 3.83. The third-order valence-electron chi connectivity index (χ3n) is 1.88. The van der Waals surface area contributed by atoms with Gasteiger partial charge in [-0.25, -0.2) is 8.78 Å². The molecule has 0 aromatic heterocycles. The smallest absolute Gasteiger partial charge is 0.250 e. The van der Waals surface area contributed by atoms with Crippen LogP contribution in [0.3, 0.4) is 0 Å². The minimum Gasteiger partial charge on any atom is -0.307 e. The van der Waals surface area contributed by atoms with Crippen molar-refractivity contribution in [3.05, 3.63) is 35.4 Å². The number of rotatable bonds is 4. The minimum atomic E-state index is -2.27. The molecule has 0 saturated carbocycles. The minimum absolute atomic E-state index is 0.242. The van der Waals surface area contributed by atoms with Gasteiger partial charge in [-0.1, -0.05) is 24.3 Å². The van der Waals surface area contributed by atoms with Gasteiger partial charge in [-0.2, -0.15) is 0 Å². The first-order chi connectivity index (χ1) is 6.20. The summed E-state index contributed by atoms with van der Waals surface area (Å²) in [5.41, 5.74) is 2.20. The second-order valence-electron chi connectivity index (χ2n) is 2.95. The summed E-state index contributed by atoms with van der Waals surface area (Å²) in [5, 5.41) is 2.69. The van der Waals surface area contributed by atoms with Gasteiger partial charge in [-0.3, -0.25) is 0 Å². The zero-order chi connectivity index (χ0) is 9.68. The first-order valence-corrected chi connectivity index (χ1v) is 4.23. The van der Waals surface area contributed by atoms with Crippen LogP contribution < -0.4 is 5.32 Å². The zero-order valence-electron chi connectivity index (χ0n) is 7.56. The predicted molar refractivity (Wildman–Crippen MR) is 48.9 cm³/mol. The summed E-state index contributed by atoms with van der Waals surface area (Å²) in [6.07, 6.45) is -2.27. The molecule has 0 heterocycles. The highest BCUT2D eigenvalue weighted by atomic mass is 19.3. The molecule has 0 aliphatic heterocycles. The van der Waals surface area contributed by atoms with Crippen LogP contribution >= 0.6 is 0 Å². The van der Waals surface area contributed by atoms with Crippen LogP contribution in [0.4, 0.5) is 8.78 Å². The highest BCUT2D eigenvalue weighted by Gasteiger charge is 2.01. The van der Waals surface area contributed by atoms with E-state index in [1.807, 2.05) is 31.2 Å². The van der Waals surface area contributed by atoms with Crippen molar-refractivity contribution in [2.45, 2.75) is 19.9 Å². The third kappa shape index (κ3) is 3.51. The highest BCUT2D eigenvalue weighted by molar-refractivity contribution is 5.25. The van der Waals surface area contributed by atoms with Gasteiger partial charge in [0.2, 0.25) is 0 Å². The van der Waals surface area contributed by atoms with E-state index >= 15 is 0 Å². The molecule has 1 aromatic carbocycles. The van der Waals surface area contributed by atoms with Crippen molar-refractivity contribution in [2.24, 2.45) is 0 Å². The Morgan fingerprint density at radius 1 is 1.31 bits per heavy atom. The Morgan fingerprint density at radius 3 is 2.62 bits per heavy atom. The highest BCUT2D eigenvalue weighted by Crippen LogP contribution is 2.06. The Balaban J connectivity index is 2.41. The maximum atomic E-state index is 11.8. The van der Waals surface area contributed by atoms with E-state index in [2.05, 4.69) is 5.32 Å². The van der Waals surface area contributed by atoms with Crippen molar-refractivity contribution >= 4 is 0 Å². The summed E-state index contributed by atoms with van der Waals surface area (Å²) in [4.78, 5) is 0. The number of hydrogen-bond acceptors (Lipinski definition) is 1. The maximum absolute atomic E-state index is 11.8. The van der Waals surface area contributed by atoms with E-state index in [9.17, 15) is 8.78 Å². The van der Waals surface area contributed by atoms with E-state index in [4.69, 9.17) is 0 Å². The second kappa shape index (κ2) is 4.92. The monoisotopic (exact) mass is 185 g/mol.